The zero-order chi connectivity index (χ0) is 24.6. The number of carbonyl (C=O) groups is 2. The highest BCUT2D eigenvalue weighted by molar-refractivity contribution is 7.93. The van der Waals surface area contributed by atoms with Crippen molar-refractivity contribution in [1.82, 2.24) is 5.32 Å². The van der Waals surface area contributed by atoms with E-state index in [2.05, 4.69) is 10.6 Å². The van der Waals surface area contributed by atoms with Crippen molar-refractivity contribution in [1.29, 1.82) is 0 Å². The van der Waals surface area contributed by atoms with Crippen LogP contribution in [0.4, 0.5) is 11.4 Å². The molecule has 2 amide bonds. The van der Waals surface area contributed by atoms with Gasteiger partial charge in [0, 0.05) is 11.1 Å². The topological polar surface area (TPSA) is 95.6 Å². The molecular weight excluding hydrogens is 474 g/mol. The van der Waals surface area contributed by atoms with Crippen LogP contribution in [0.5, 0.6) is 0 Å². The molecule has 0 aromatic heterocycles. The van der Waals surface area contributed by atoms with Gasteiger partial charge < -0.3 is 10.6 Å². The summed E-state index contributed by atoms with van der Waals surface area (Å²) in [4.78, 5) is 26.3. The molecule has 4 rings (SSSR count). The van der Waals surface area contributed by atoms with Crippen LogP contribution in [-0.2, 0) is 19.6 Å². The van der Waals surface area contributed by atoms with Crippen molar-refractivity contribution in [2.24, 2.45) is 0 Å². The lowest BCUT2D eigenvalue weighted by molar-refractivity contribution is -0.125. The first kappa shape index (κ1) is 24.5. The highest BCUT2D eigenvalue weighted by Crippen LogP contribution is 2.40. The van der Waals surface area contributed by atoms with Crippen molar-refractivity contribution < 1.29 is 18.0 Å². The molecule has 2 aromatic carbocycles. The third kappa shape index (κ3) is 4.79. The number of carbonyl (C=O) groups excluding carboxylic acids is 2. The second-order valence-corrected chi connectivity index (χ2v) is 11.5. The number of hydrogen-bond acceptors (Lipinski definition) is 4. The summed E-state index contributed by atoms with van der Waals surface area (Å²) in [5.41, 5.74) is 2.71. The van der Waals surface area contributed by atoms with E-state index in [9.17, 15) is 18.0 Å². The summed E-state index contributed by atoms with van der Waals surface area (Å²) in [5.74, 6) is -0.887. The van der Waals surface area contributed by atoms with E-state index in [1.165, 1.54) is 6.07 Å². The summed E-state index contributed by atoms with van der Waals surface area (Å²) in [7, 11) is -4.18. The molecule has 34 heavy (non-hydrogen) atoms. The molecule has 2 aromatic rings. The van der Waals surface area contributed by atoms with Gasteiger partial charge in [0.25, 0.3) is 10.0 Å². The van der Waals surface area contributed by atoms with Gasteiger partial charge in [-0.05, 0) is 62.9 Å². The van der Waals surface area contributed by atoms with E-state index in [-0.39, 0.29) is 23.3 Å². The summed E-state index contributed by atoms with van der Waals surface area (Å²) >= 11 is 6.12. The van der Waals surface area contributed by atoms with Gasteiger partial charge in [-0.2, -0.15) is 0 Å². The third-order valence-corrected chi connectivity index (χ3v) is 8.87. The van der Waals surface area contributed by atoms with Crippen molar-refractivity contribution in [3.05, 3.63) is 52.0 Å². The lowest BCUT2D eigenvalue weighted by atomic mass is 9.95. The van der Waals surface area contributed by atoms with Gasteiger partial charge >= 0.3 is 0 Å². The Hall–Kier alpha value is -2.58. The highest BCUT2D eigenvalue weighted by atomic mass is 35.5. The van der Waals surface area contributed by atoms with Crippen LogP contribution in [0.15, 0.2) is 35.2 Å². The fourth-order valence-corrected chi connectivity index (χ4v) is 7.37. The van der Waals surface area contributed by atoms with Crippen molar-refractivity contribution in [3.63, 3.8) is 0 Å². The molecule has 182 valence electrons. The number of fused-ring (bicyclic) bond motifs is 1. The number of anilines is 2. The molecule has 1 atom stereocenters. The Morgan fingerprint density at radius 2 is 1.74 bits per heavy atom. The van der Waals surface area contributed by atoms with Gasteiger partial charge in [0.2, 0.25) is 11.8 Å². The van der Waals surface area contributed by atoms with E-state index in [1.54, 1.807) is 38.1 Å². The van der Waals surface area contributed by atoms with E-state index in [1.807, 2.05) is 6.92 Å². The zero-order valence-corrected chi connectivity index (χ0v) is 21.2. The van der Waals surface area contributed by atoms with Crippen molar-refractivity contribution >= 4 is 44.8 Å². The molecule has 1 aliphatic heterocycles. The van der Waals surface area contributed by atoms with Crippen molar-refractivity contribution in [3.8, 4) is 0 Å². The smallest absolute Gasteiger partial charge is 0.265 e. The molecule has 2 N–H and O–H groups in total. The van der Waals surface area contributed by atoms with E-state index >= 15 is 0 Å². The molecule has 9 heteroatoms. The Kier molecular flexibility index (Phi) is 6.92. The summed E-state index contributed by atoms with van der Waals surface area (Å²) in [6.07, 6.45) is 4.78. The molecule has 7 nitrogen and oxygen atoms in total. The van der Waals surface area contributed by atoms with Gasteiger partial charge in [0.05, 0.1) is 22.7 Å². The maximum absolute atomic E-state index is 14.1. The highest BCUT2D eigenvalue weighted by Gasteiger charge is 2.43. The Bertz CT molecular complexity index is 1220. The minimum Gasteiger partial charge on any atom is -0.353 e. The molecule has 1 aliphatic carbocycles. The van der Waals surface area contributed by atoms with E-state index in [4.69, 9.17) is 11.6 Å². The molecular formula is C25H30ClN3O4S. The standard InChI is InChI=1S/C25H30ClN3O4S/c1-15-11-16(2)24(17(3)12-15)34(32,33)29-21-10-9-18(26)13-20(21)28-25(31)22(29)14-23(30)27-19-7-5-4-6-8-19/h9-13,19,22H,4-8,14H2,1-3H3,(H,27,30)(H,28,31). The number of hydrogen-bond donors (Lipinski definition) is 2. The normalized spacial score (nSPS) is 18.9. The largest absolute Gasteiger partial charge is 0.353 e. The molecule has 1 saturated carbocycles. The predicted octanol–water partition coefficient (Wildman–Crippen LogP) is 4.62. The summed E-state index contributed by atoms with van der Waals surface area (Å²) < 4.78 is 29.3. The third-order valence-electron chi connectivity index (χ3n) is 6.51. The summed E-state index contributed by atoms with van der Waals surface area (Å²) in [6, 6.07) is 7.11. The van der Waals surface area contributed by atoms with E-state index in [0.717, 1.165) is 42.0 Å². The second-order valence-electron chi connectivity index (χ2n) is 9.30. The molecule has 0 bridgehead atoms. The number of benzene rings is 2. The monoisotopic (exact) mass is 503 g/mol. The average Bonchev–Trinajstić information content (AvgIpc) is 2.73. The first-order chi connectivity index (χ1) is 16.1. The lowest BCUT2D eigenvalue weighted by Gasteiger charge is -2.37. The van der Waals surface area contributed by atoms with Crippen LogP contribution in [0.25, 0.3) is 0 Å². The fourth-order valence-electron chi connectivity index (χ4n) is 5.14. The Morgan fingerprint density at radius 1 is 1.09 bits per heavy atom. The average molecular weight is 504 g/mol. The zero-order valence-electron chi connectivity index (χ0n) is 19.7. The minimum absolute atomic E-state index is 0.0608. The number of nitrogens with one attached hydrogen (secondary N) is 2. The number of halogens is 1. The molecule has 2 aliphatic rings. The fraction of sp³-hybridized carbons (Fsp3) is 0.440. The number of nitrogens with zero attached hydrogens (tertiary/aromatic N) is 1. The van der Waals surface area contributed by atoms with Gasteiger partial charge in [-0.15, -0.1) is 0 Å². The first-order valence-corrected chi connectivity index (χ1v) is 13.4. The maximum atomic E-state index is 14.1. The Morgan fingerprint density at radius 3 is 2.38 bits per heavy atom. The van der Waals surface area contributed by atoms with Crippen LogP contribution in [0.3, 0.4) is 0 Å². The summed E-state index contributed by atoms with van der Waals surface area (Å²) in [5, 5.41) is 6.11. The van der Waals surface area contributed by atoms with E-state index in [0.29, 0.717) is 27.5 Å². The van der Waals surface area contributed by atoms with Gasteiger partial charge in [-0.3, -0.25) is 13.9 Å². The molecule has 1 heterocycles. The summed E-state index contributed by atoms with van der Waals surface area (Å²) in [6.45, 7) is 5.38. The van der Waals surface area contributed by atoms with Crippen LogP contribution < -0.4 is 14.9 Å². The molecule has 0 saturated heterocycles. The van der Waals surface area contributed by atoms with Gasteiger partial charge in [0.15, 0.2) is 0 Å². The van der Waals surface area contributed by atoms with E-state index < -0.39 is 22.0 Å². The molecule has 0 radical (unpaired) electrons. The quantitative estimate of drug-likeness (QED) is 0.622. The molecule has 0 spiro atoms. The SMILES string of the molecule is Cc1cc(C)c(S(=O)(=O)N2c3ccc(Cl)cc3NC(=O)C2CC(=O)NC2CCCCC2)c(C)c1. The number of rotatable bonds is 5. The van der Waals surface area contributed by atoms with Crippen molar-refractivity contribution in [2.75, 3.05) is 9.62 Å². The second kappa shape index (κ2) is 9.58. The number of amides is 2. The van der Waals surface area contributed by atoms with Crippen LogP contribution >= 0.6 is 11.6 Å². The van der Waals surface area contributed by atoms with Gasteiger partial charge in [-0.1, -0.05) is 48.6 Å². The lowest BCUT2D eigenvalue weighted by Crippen LogP contribution is -2.53. The van der Waals surface area contributed by atoms with Gasteiger partial charge in [-0.25, -0.2) is 8.42 Å². The van der Waals surface area contributed by atoms with Crippen LogP contribution in [0, 0.1) is 20.8 Å². The molecule has 1 unspecified atom stereocenters. The van der Waals surface area contributed by atoms with Crippen LogP contribution in [0.2, 0.25) is 5.02 Å². The number of sulfonamides is 1. The molecule has 1 fully saturated rings. The Labute approximate surface area is 205 Å². The predicted molar refractivity (Wildman–Crippen MR) is 134 cm³/mol. The number of aryl methyl sites for hydroxylation is 3. The Balaban J connectivity index is 1.76. The minimum atomic E-state index is -4.18. The maximum Gasteiger partial charge on any atom is 0.265 e. The van der Waals surface area contributed by atoms with Crippen molar-refractivity contribution in [2.45, 2.75) is 76.3 Å². The first-order valence-electron chi connectivity index (χ1n) is 11.6. The van der Waals surface area contributed by atoms with Crippen LogP contribution in [0.1, 0.15) is 55.2 Å². The van der Waals surface area contributed by atoms with Crippen LogP contribution in [-0.4, -0.2) is 32.3 Å². The van der Waals surface area contributed by atoms with Gasteiger partial charge in [0.1, 0.15) is 6.04 Å².